The van der Waals surface area contributed by atoms with E-state index in [-0.39, 0.29) is 0 Å². The molecule has 1 aromatic rings. The maximum Gasteiger partial charge on any atom is 0.191 e. The molecule has 1 rings (SSSR count). The average molecular weight is 238 g/mol. The summed E-state index contributed by atoms with van der Waals surface area (Å²) >= 11 is 0. The van der Waals surface area contributed by atoms with E-state index in [2.05, 4.69) is 41.6 Å². The van der Waals surface area contributed by atoms with E-state index in [0.29, 0.717) is 12.5 Å². The summed E-state index contributed by atoms with van der Waals surface area (Å²) in [7, 11) is 0. The first kappa shape index (κ1) is 13.5. The fourth-order valence-corrected chi connectivity index (χ4v) is 1.30. The molecule has 0 unspecified atom stereocenters. The molecular weight excluding hydrogens is 216 g/mol. The maximum atomic E-state index is 4.76. The maximum absolute atomic E-state index is 4.76. The lowest BCUT2D eigenvalue weighted by Gasteiger charge is -2.11. The largest absolute Gasteiger partial charge is 0.364 e. The van der Waals surface area contributed by atoms with Gasteiger partial charge in [-0.3, -0.25) is 0 Å². The van der Waals surface area contributed by atoms with Crippen LogP contribution in [-0.4, -0.2) is 24.2 Å². The molecule has 0 radical (unpaired) electrons. The van der Waals surface area contributed by atoms with E-state index >= 15 is 0 Å². The van der Waals surface area contributed by atoms with Gasteiger partial charge >= 0.3 is 0 Å². The summed E-state index contributed by atoms with van der Waals surface area (Å²) in [5, 5.41) is 10.3. The predicted octanol–water partition coefficient (Wildman–Crippen LogP) is 1.78. The number of aliphatic imine (C=N–C) groups is 1. The smallest absolute Gasteiger partial charge is 0.191 e. The van der Waals surface area contributed by atoms with Gasteiger partial charge in [0.15, 0.2) is 5.96 Å². The van der Waals surface area contributed by atoms with Crippen LogP contribution in [0.4, 0.5) is 0 Å². The van der Waals surface area contributed by atoms with Gasteiger partial charge in [-0.25, -0.2) is 4.99 Å². The van der Waals surface area contributed by atoms with Gasteiger partial charge in [0.2, 0.25) is 0 Å². The van der Waals surface area contributed by atoms with Crippen LogP contribution < -0.4 is 10.6 Å². The summed E-state index contributed by atoms with van der Waals surface area (Å²) in [5.74, 6) is 1.53. The van der Waals surface area contributed by atoms with E-state index in [1.165, 1.54) is 0 Å². The van der Waals surface area contributed by atoms with E-state index in [1.807, 2.05) is 6.07 Å². The van der Waals surface area contributed by atoms with E-state index < -0.39 is 0 Å². The number of hydrogen-bond acceptors (Lipinski definition) is 3. The fourth-order valence-electron chi connectivity index (χ4n) is 1.30. The SMILES string of the molecule is CCNC(=NCc1ccon1)NCCC(C)C. The molecule has 17 heavy (non-hydrogen) atoms. The first-order valence-corrected chi connectivity index (χ1v) is 6.13. The van der Waals surface area contributed by atoms with Crippen LogP contribution >= 0.6 is 0 Å². The number of nitrogens with one attached hydrogen (secondary N) is 2. The summed E-state index contributed by atoms with van der Waals surface area (Å²) in [6.45, 7) is 8.79. The van der Waals surface area contributed by atoms with Gasteiger partial charge in [0, 0.05) is 19.2 Å². The second-order valence-electron chi connectivity index (χ2n) is 4.30. The second-order valence-corrected chi connectivity index (χ2v) is 4.30. The van der Waals surface area contributed by atoms with Gasteiger partial charge in [-0.15, -0.1) is 0 Å². The van der Waals surface area contributed by atoms with Gasteiger partial charge in [-0.1, -0.05) is 19.0 Å². The van der Waals surface area contributed by atoms with Crippen LogP contribution in [-0.2, 0) is 6.54 Å². The molecule has 0 bridgehead atoms. The predicted molar refractivity (Wildman–Crippen MR) is 68.8 cm³/mol. The third-order valence-electron chi connectivity index (χ3n) is 2.25. The highest BCUT2D eigenvalue weighted by molar-refractivity contribution is 5.79. The lowest BCUT2D eigenvalue weighted by atomic mass is 10.1. The van der Waals surface area contributed by atoms with E-state index in [1.54, 1.807) is 6.26 Å². The fraction of sp³-hybridized carbons (Fsp3) is 0.667. The van der Waals surface area contributed by atoms with Crippen molar-refractivity contribution in [2.24, 2.45) is 10.9 Å². The Balaban J connectivity index is 2.38. The molecule has 0 aliphatic rings. The van der Waals surface area contributed by atoms with Crippen LogP contribution in [0.1, 0.15) is 32.9 Å². The molecule has 0 fully saturated rings. The van der Waals surface area contributed by atoms with Crippen molar-refractivity contribution in [3.8, 4) is 0 Å². The molecule has 0 amide bonds. The number of aromatic nitrogens is 1. The second kappa shape index (κ2) is 7.70. The average Bonchev–Trinajstić information content (AvgIpc) is 2.78. The Kier molecular flexibility index (Phi) is 6.14. The summed E-state index contributed by atoms with van der Waals surface area (Å²) < 4.78 is 4.76. The van der Waals surface area contributed by atoms with Crippen molar-refractivity contribution in [2.45, 2.75) is 33.7 Å². The lowest BCUT2D eigenvalue weighted by Crippen LogP contribution is -2.38. The molecule has 1 aromatic heterocycles. The summed E-state index contributed by atoms with van der Waals surface area (Å²) in [5.41, 5.74) is 0.839. The van der Waals surface area contributed by atoms with E-state index in [4.69, 9.17) is 4.52 Å². The van der Waals surface area contributed by atoms with Crippen LogP contribution in [0.25, 0.3) is 0 Å². The van der Waals surface area contributed by atoms with Gasteiger partial charge in [0.05, 0.1) is 6.54 Å². The molecule has 0 saturated carbocycles. The van der Waals surface area contributed by atoms with Crippen molar-refractivity contribution in [2.75, 3.05) is 13.1 Å². The first-order chi connectivity index (χ1) is 8.22. The highest BCUT2D eigenvalue weighted by atomic mass is 16.5. The van der Waals surface area contributed by atoms with Gasteiger partial charge in [0.1, 0.15) is 12.0 Å². The minimum atomic E-state index is 0.535. The first-order valence-electron chi connectivity index (χ1n) is 6.13. The van der Waals surface area contributed by atoms with Crippen molar-refractivity contribution in [1.82, 2.24) is 15.8 Å². The van der Waals surface area contributed by atoms with E-state index in [9.17, 15) is 0 Å². The van der Waals surface area contributed by atoms with Gasteiger partial charge < -0.3 is 15.2 Å². The standard InChI is InChI=1S/C12H22N4O/c1-4-13-12(14-7-5-10(2)3)15-9-11-6-8-17-16-11/h6,8,10H,4-5,7,9H2,1-3H3,(H2,13,14,15). The molecule has 1 heterocycles. The van der Waals surface area contributed by atoms with Crippen molar-refractivity contribution in [3.63, 3.8) is 0 Å². The Morgan fingerprint density at radius 3 is 2.88 bits per heavy atom. The Bertz CT molecular complexity index is 319. The highest BCUT2D eigenvalue weighted by Crippen LogP contribution is 1.98. The van der Waals surface area contributed by atoms with Gasteiger partial charge in [-0.05, 0) is 19.3 Å². The van der Waals surface area contributed by atoms with Crippen LogP contribution in [0.2, 0.25) is 0 Å². The van der Waals surface area contributed by atoms with Crippen LogP contribution in [0.15, 0.2) is 21.8 Å². The number of guanidine groups is 1. The zero-order valence-electron chi connectivity index (χ0n) is 10.9. The molecule has 0 aromatic carbocycles. The number of nitrogens with zero attached hydrogens (tertiary/aromatic N) is 2. The Morgan fingerprint density at radius 2 is 2.29 bits per heavy atom. The molecule has 5 heteroatoms. The quantitative estimate of drug-likeness (QED) is 0.586. The Morgan fingerprint density at radius 1 is 1.47 bits per heavy atom. The van der Waals surface area contributed by atoms with E-state index in [0.717, 1.165) is 31.2 Å². The third kappa shape index (κ3) is 5.94. The summed E-state index contributed by atoms with van der Waals surface area (Å²) in [6, 6.07) is 1.82. The van der Waals surface area contributed by atoms with Crippen molar-refractivity contribution in [3.05, 3.63) is 18.0 Å². The summed E-state index contributed by atoms with van der Waals surface area (Å²) in [4.78, 5) is 4.42. The van der Waals surface area contributed by atoms with Crippen molar-refractivity contribution in [1.29, 1.82) is 0 Å². The molecule has 0 saturated heterocycles. The summed E-state index contributed by atoms with van der Waals surface area (Å²) in [6.07, 6.45) is 2.69. The van der Waals surface area contributed by atoms with Gasteiger partial charge in [-0.2, -0.15) is 0 Å². The molecule has 0 aliphatic carbocycles. The van der Waals surface area contributed by atoms with Crippen molar-refractivity contribution < 1.29 is 4.52 Å². The molecule has 0 atom stereocenters. The third-order valence-corrected chi connectivity index (χ3v) is 2.25. The zero-order valence-corrected chi connectivity index (χ0v) is 10.9. The van der Waals surface area contributed by atoms with Crippen LogP contribution in [0.5, 0.6) is 0 Å². The zero-order chi connectivity index (χ0) is 12.5. The normalized spacial score (nSPS) is 11.9. The molecule has 96 valence electrons. The van der Waals surface area contributed by atoms with Crippen molar-refractivity contribution >= 4 is 5.96 Å². The number of rotatable bonds is 6. The molecular formula is C12H22N4O. The minimum absolute atomic E-state index is 0.535. The van der Waals surface area contributed by atoms with Gasteiger partial charge in [0.25, 0.3) is 0 Å². The highest BCUT2D eigenvalue weighted by Gasteiger charge is 1.99. The molecule has 0 aliphatic heterocycles. The Hall–Kier alpha value is -1.52. The topological polar surface area (TPSA) is 62.5 Å². The molecule has 2 N–H and O–H groups in total. The van der Waals surface area contributed by atoms with Crippen LogP contribution in [0, 0.1) is 5.92 Å². The Labute approximate surface area is 103 Å². The minimum Gasteiger partial charge on any atom is -0.364 e. The van der Waals surface area contributed by atoms with Crippen LogP contribution in [0.3, 0.4) is 0 Å². The molecule has 0 spiro atoms. The molecule has 5 nitrogen and oxygen atoms in total. The monoisotopic (exact) mass is 238 g/mol. The number of hydrogen-bond donors (Lipinski definition) is 2. The lowest BCUT2D eigenvalue weighted by molar-refractivity contribution is 0.412.